The van der Waals surface area contributed by atoms with Crippen molar-refractivity contribution in [3.63, 3.8) is 0 Å². The summed E-state index contributed by atoms with van der Waals surface area (Å²) in [5.74, 6) is 0. The molecule has 0 aliphatic carbocycles. The Morgan fingerprint density at radius 2 is 1.36 bits per heavy atom. The molecule has 1 heterocycles. The highest BCUT2D eigenvalue weighted by Crippen LogP contribution is 2.53. The molecule has 0 radical (unpaired) electrons. The molecule has 1 unspecified atom stereocenters. The average molecular weight is 346 g/mol. The van der Waals surface area contributed by atoms with Gasteiger partial charge in [0.15, 0.2) is 9.58 Å². The summed E-state index contributed by atoms with van der Waals surface area (Å²) >= 11 is 0. The number of halogens is 7. The van der Waals surface area contributed by atoms with Crippen LogP contribution in [0.15, 0.2) is 30.3 Å². The SMILES string of the molecule is CC(C)(C)c1cc2ccccc2[s+]1C(F)(F)F.F[B-](F)(F)F. The fourth-order valence-corrected chi connectivity index (χ4v) is 4.05. The van der Waals surface area contributed by atoms with Gasteiger partial charge in [-0.15, -0.1) is 13.2 Å². The maximum atomic E-state index is 13.2. The molecule has 124 valence electrons. The fraction of sp³-hybridized carbons (Fsp3) is 0.385. The van der Waals surface area contributed by atoms with Crippen molar-refractivity contribution in [2.75, 3.05) is 0 Å². The molecule has 1 atom stereocenters. The third-order valence-corrected chi connectivity index (χ3v) is 5.06. The van der Waals surface area contributed by atoms with Gasteiger partial charge in [-0.3, -0.25) is 0 Å². The van der Waals surface area contributed by atoms with Gasteiger partial charge < -0.3 is 17.3 Å². The van der Waals surface area contributed by atoms with E-state index in [2.05, 4.69) is 0 Å². The van der Waals surface area contributed by atoms with Crippen LogP contribution in [0.3, 0.4) is 0 Å². The topological polar surface area (TPSA) is 0 Å². The summed E-state index contributed by atoms with van der Waals surface area (Å²) in [5, 5.41) is 0.707. The van der Waals surface area contributed by atoms with E-state index in [-0.39, 0.29) is 0 Å². The monoisotopic (exact) mass is 346 g/mol. The lowest BCUT2D eigenvalue weighted by atomic mass is 9.94. The van der Waals surface area contributed by atoms with Gasteiger partial charge in [0.25, 0.3) is 0 Å². The van der Waals surface area contributed by atoms with Crippen LogP contribution in [0, 0.1) is 0 Å². The second kappa shape index (κ2) is 6.10. The molecule has 0 bridgehead atoms. The molecule has 0 saturated heterocycles. The molecule has 2 rings (SSSR count). The van der Waals surface area contributed by atoms with Crippen LogP contribution in [-0.4, -0.2) is 7.25 Å². The van der Waals surface area contributed by atoms with Gasteiger partial charge in [-0.25, -0.2) is 0 Å². The second-order valence-electron chi connectivity index (χ2n) is 5.54. The van der Waals surface area contributed by atoms with Gasteiger partial charge in [0.2, 0.25) is 0 Å². The normalized spacial score (nSPS) is 13.8. The highest BCUT2D eigenvalue weighted by Gasteiger charge is 2.50. The van der Waals surface area contributed by atoms with Crippen LogP contribution in [0.25, 0.3) is 10.1 Å². The molecule has 9 heteroatoms. The summed E-state index contributed by atoms with van der Waals surface area (Å²) in [5.41, 5.74) is -4.65. The Bertz CT molecular complexity index is 628. The standard InChI is InChI=1S/C13H14F3S.BF4/c1-12(2,3)11-8-9-6-4-5-7-10(9)17(11)13(14,15)16;2-1(3,4)5/h4-8H,1-3H3;/q+1;-1. The summed E-state index contributed by atoms with van der Waals surface area (Å²) in [6, 6.07) is 8.48. The Morgan fingerprint density at radius 3 is 1.77 bits per heavy atom. The van der Waals surface area contributed by atoms with Crippen molar-refractivity contribution in [2.45, 2.75) is 31.7 Å². The number of fused-ring (bicyclic) bond motifs is 1. The number of thiophene rings is 1. The van der Waals surface area contributed by atoms with Crippen molar-refractivity contribution in [3.8, 4) is 0 Å². The van der Waals surface area contributed by atoms with E-state index in [0.29, 0.717) is 15.0 Å². The minimum atomic E-state index is -6.00. The maximum Gasteiger partial charge on any atom is 0.673 e. The first-order valence-corrected chi connectivity index (χ1v) is 7.43. The van der Waals surface area contributed by atoms with E-state index in [1.54, 1.807) is 30.3 Å². The highest BCUT2D eigenvalue weighted by molar-refractivity contribution is 7.38. The molecule has 1 aromatic heterocycles. The molecule has 0 aliphatic rings. The largest absolute Gasteiger partial charge is 0.673 e. The zero-order valence-corrected chi connectivity index (χ0v) is 12.8. The molecule has 0 spiro atoms. The van der Waals surface area contributed by atoms with E-state index in [4.69, 9.17) is 0 Å². The van der Waals surface area contributed by atoms with Gasteiger partial charge >= 0.3 is 12.8 Å². The summed E-state index contributed by atoms with van der Waals surface area (Å²) in [6.45, 7) is 5.49. The molecule has 2 aromatic rings. The molecule has 0 saturated carbocycles. The highest BCUT2D eigenvalue weighted by atomic mass is 32.2. The number of hydrogen-bond donors (Lipinski definition) is 0. The van der Waals surface area contributed by atoms with Gasteiger partial charge in [0.1, 0.15) is 0 Å². The smallest absolute Gasteiger partial charge is 0.418 e. The Morgan fingerprint density at radius 1 is 0.909 bits per heavy atom. The van der Waals surface area contributed by atoms with Gasteiger partial charge in [-0.05, 0) is 12.1 Å². The van der Waals surface area contributed by atoms with Crippen molar-refractivity contribution < 1.29 is 30.4 Å². The molecule has 0 fully saturated rings. The maximum absolute atomic E-state index is 13.2. The van der Waals surface area contributed by atoms with Gasteiger partial charge in [-0.2, -0.15) is 0 Å². The lowest BCUT2D eigenvalue weighted by molar-refractivity contribution is -0.0869. The third kappa shape index (κ3) is 5.19. The van der Waals surface area contributed by atoms with Crippen molar-refractivity contribution in [3.05, 3.63) is 35.2 Å². The van der Waals surface area contributed by atoms with Crippen LogP contribution in [0.5, 0.6) is 0 Å². The van der Waals surface area contributed by atoms with Crippen LogP contribution in [0.2, 0.25) is 0 Å². The molecule has 0 amide bonds. The first-order chi connectivity index (χ1) is 9.71. The fourth-order valence-electron chi connectivity index (χ4n) is 1.88. The van der Waals surface area contributed by atoms with Gasteiger partial charge in [0, 0.05) is 16.9 Å². The van der Waals surface area contributed by atoms with Crippen molar-refractivity contribution in [1.82, 2.24) is 0 Å². The second-order valence-corrected chi connectivity index (χ2v) is 7.50. The lowest BCUT2D eigenvalue weighted by Gasteiger charge is -2.13. The first kappa shape index (κ1) is 18.8. The zero-order chi connectivity index (χ0) is 17.3. The van der Waals surface area contributed by atoms with Crippen LogP contribution < -0.4 is 0 Å². The van der Waals surface area contributed by atoms with Gasteiger partial charge in [-0.1, -0.05) is 32.9 Å². The Kier molecular flexibility index (Phi) is 5.21. The van der Waals surface area contributed by atoms with Crippen LogP contribution in [0.4, 0.5) is 30.4 Å². The van der Waals surface area contributed by atoms with Crippen molar-refractivity contribution >= 4 is 27.8 Å². The molecule has 22 heavy (non-hydrogen) atoms. The Labute approximate surface area is 126 Å². The Hall–Kier alpha value is -1.25. The van der Waals surface area contributed by atoms with Crippen LogP contribution in [-0.2, 0) is 10.9 Å². The quantitative estimate of drug-likeness (QED) is 0.284. The third-order valence-electron chi connectivity index (χ3n) is 2.62. The summed E-state index contributed by atoms with van der Waals surface area (Å²) in [6.07, 6.45) is 0. The first-order valence-electron chi connectivity index (χ1n) is 6.21. The predicted octanol–water partition coefficient (Wildman–Crippen LogP) is 6.66. The minimum Gasteiger partial charge on any atom is -0.418 e. The molecule has 0 N–H and O–H groups in total. The number of hydrogen-bond acceptors (Lipinski definition) is 0. The van der Waals surface area contributed by atoms with E-state index in [0.717, 1.165) is 0 Å². The van der Waals surface area contributed by atoms with Crippen LogP contribution >= 0.6 is 10.5 Å². The predicted molar refractivity (Wildman–Crippen MR) is 76.6 cm³/mol. The molecular weight excluding hydrogens is 332 g/mol. The molecule has 1 aromatic carbocycles. The van der Waals surface area contributed by atoms with Crippen molar-refractivity contribution in [2.24, 2.45) is 0 Å². The zero-order valence-electron chi connectivity index (χ0n) is 12.0. The van der Waals surface area contributed by atoms with E-state index < -0.39 is 28.6 Å². The number of benzene rings is 1. The van der Waals surface area contributed by atoms with Crippen molar-refractivity contribution in [1.29, 1.82) is 0 Å². The number of alkyl halides is 3. The van der Waals surface area contributed by atoms with E-state index in [9.17, 15) is 30.4 Å². The minimum absolute atomic E-state index is 0.407. The summed E-state index contributed by atoms with van der Waals surface area (Å²) in [4.78, 5) is 0.478. The number of rotatable bonds is 0. The molecular formula is C13H14BF7S. The molecule has 0 aliphatic heterocycles. The molecule has 0 nitrogen and oxygen atoms in total. The van der Waals surface area contributed by atoms with E-state index in [1.807, 2.05) is 20.8 Å². The summed E-state index contributed by atoms with van der Waals surface area (Å²) < 4.78 is 79.0. The summed E-state index contributed by atoms with van der Waals surface area (Å²) in [7, 11) is -7.77. The van der Waals surface area contributed by atoms with Gasteiger partial charge in [0.05, 0.1) is 10.5 Å². The lowest BCUT2D eigenvalue weighted by Crippen LogP contribution is -2.12. The van der Waals surface area contributed by atoms with Crippen LogP contribution in [0.1, 0.15) is 25.6 Å². The Balaban J connectivity index is 0.000000422. The average Bonchev–Trinajstić information content (AvgIpc) is 2.64. The van der Waals surface area contributed by atoms with E-state index >= 15 is 0 Å². The van der Waals surface area contributed by atoms with E-state index in [1.165, 1.54) is 0 Å².